The van der Waals surface area contributed by atoms with Crippen molar-refractivity contribution in [2.24, 2.45) is 7.05 Å². The van der Waals surface area contributed by atoms with Crippen LogP contribution in [0.2, 0.25) is 0 Å². The molecule has 25 heavy (non-hydrogen) atoms. The highest BCUT2D eigenvalue weighted by molar-refractivity contribution is 9.10. The van der Waals surface area contributed by atoms with Crippen molar-refractivity contribution in [1.29, 1.82) is 0 Å². The second-order valence-corrected chi connectivity index (χ2v) is 7.34. The molecule has 1 saturated heterocycles. The summed E-state index contributed by atoms with van der Waals surface area (Å²) >= 11 is 3.36. The van der Waals surface area contributed by atoms with Crippen LogP contribution >= 0.6 is 15.9 Å². The van der Waals surface area contributed by atoms with Crippen LogP contribution in [-0.2, 0) is 7.05 Å². The van der Waals surface area contributed by atoms with Gasteiger partial charge in [-0.05, 0) is 40.9 Å². The largest absolute Gasteiger partial charge is 0.379 e. The van der Waals surface area contributed by atoms with E-state index in [0.717, 1.165) is 36.9 Å². The maximum Gasteiger partial charge on any atom is 0.282 e. The van der Waals surface area contributed by atoms with Crippen LogP contribution in [-0.4, -0.2) is 47.1 Å². The third-order valence-electron chi connectivity index (χ3n) is 4.63. The van der Waals surface area contributed by atoms with Crippen molar-refractivity contribution < 1.29 is 4.79 Å². The molecule has 2 aromatic rings. The van der Waals surface area contributed by atoms with Crippen molar-refractivity contribution in [3.63, 3.8) is 0 Å². The number of anilines is 1. The van der Waals surface area contributed by atoms with Crippen molar-refractivity contribution in [2.75, 3.05) is 25.5 Å². The fraction of sp³-hybridized carbons (Fsp3) is 0.389. The van der Waals surface area contributed by atoms with Gasteiger partial charge in [-0.3, -0.25) is 9.59 Å². The van der Waals surface area contributed by atoms with Gasteiger partial charge in [-0.1, -0.05) is 24.3 Å². The number of aldehydes is 1. The second kappa shape index (κ2) is 7.49. The Bertz CT molecular complexity index is 836. The molecule has 132 valence electrons. The third kappa shape index (κ3) is 3.82. The maximum atomic E-state index is 12.0. The van der Waals surface area contributed by atoms with Crippen molar-refractivity contribution in [1.82, 2.24) is 14.7 Å². The number of piperidine rings is 1. The lowest BCUT2D eigenvalue weighted by atomic mass is 9.86. The summed E-state index contributed by atoms with van der Waals surface area (Å²) in [5.74, 6) is 0.260. The summed E-state index contributed by atoms with van der Waals surface area (Å²) in [5, 5.41) is 7.51. The Hall–Kier alpha value is -1.99. The van der Waals surface area contributed by atoms with E-state index in [0.29, 0.717) is 10.2 Å². The second-order valence-electron chi connectivity index (χ2n) is 6.54. The van der Waals surface area contributed by atoms with Crippen molar-refractivity contribution in [2.45, 2.75) is 18.4 Å². The van der Waals surface area contributed by atoms with Gasteiger partial charge in [-0.2, -0.15) is 5.10 Å². The number of rotatable bonds is 4. The number of likely N-dealkylation sites (N-methyl/N-ethyl adjacent to an activating group) is 1. The molecule has 0 amide bonds. The van der Waals surface area contributed by atoms with Gasteiger partial charge >= 0.3 is 0 Å². The van der Waals surface area contributed by atoms with Gasteiger partial charge in [0.25, 0.3) is 5.56 Å². The Balaban J connectivity index is 1.83. The predicted molar refractivity (Wildman–Crippen MR) is 101 cm³/mol. The molecule has 3 rings (SSSR count). The number of hydrogen-bond donors (Lipinski definition) is 1. The highest BCUT2D eigenvalue weighted by atomic mass is 79.9. The fourth-order valence-electron chi connectivity index (χ4n) is 3.47. The summed E-state index contributed by atoms with van der Waals surface area (Å²) in [4.78, 5) is 25.6. The lowest BCUT2D eigenvalue weighted by Gasteiger charge is -2.37. The summed E-state index contributed by atoms with van der Waals surface area (Å²) in [6.07, 6.45) is 3.47. The summed E-state index contributed by atoms with van der Waals surface area (Å²) in [7, 11) is 3.69. The number of hydrogen-bond acceptors (Lipinski definition) is 5. The highest BCUT2D eigenvalue weighted by Crippen LogP contribution is 2.30. The van der Waals surface area contributed by atoms with Crippen LogP contribution in [0.3, 0.4) is 0 Å². The lowest BCUT2D eigenvalue weighted by Crippen LogP contribution is -2.44. The molecular formula is C18H21BrN4O2. The zero-order valence-corrected chi connectivity index (χ0v) is 15.9. The molecule has 0 bridgehead atoms. The first kappa shape index (κ1) is 17.8. The zero-order valence-electron chi connectivity index (χ0n) is 14.3. The number of carbonyl (C=O) groups is 1. The van der Waals surface area contributed by atoms with E-state index in [1.165, 1.54) is 4.68 Å². The molecule has 7 heteroatoms. The molecule has 0 unspecified atom stereocenters. The van der Waals surface area contributed by atoms with Crippen LogP contribution < -0.4 is 10.9 Å². The first-order valence-corrected chi connectivity index (χ1v) is 9.00. The Kier molecular flexibility index (Phi) is 5.34. The van der Waals surface area contributed by atoms with Gasteiger partial charge < -0.3 is 10.2 Å². The number of likely N-dealkylation sites (tertiary alicyclic amines) is 1. The molecule has 1 aromatic carbocycles. The number of nitrogens with zero attached hydrogens (tertiary/aromatic N) is 3. The van der Waals surface area contributed by atoms with E-state index in [-0.39, 0.29) is 17.5 Å². The number of nitrogens with one attached hydrogen (secondary N) is 1. The molecule has 1 fully saturated rings. The van der Waals surface area contributed by atoms with E-state index in [9.17, 15) is 9.59 Å². The van der Waals surface area contributed by atoms with Crippen LogP contribution in [0.25, 0.3) is 0 Å². The van der Waals surface area contributed by atoms with Crippen LogP contribution in [0.5, 0.6) is 0 Å². The molecule has 1 aliphatic heterocycles. The zero-order chi connectivity index (χ0) is 18.0. The number of aromatic nitrogens is 2. The standard InChI is InChI=1S/C18H21BrN4O2/c1-22-9-13(15-6-4-3-5-12(15)11-24)7-14(10-22)21-16-8-20-23(2)18(25)17(16)19/h3-6,8,11,13-14,21H,7,9-10H2,1-2H3/t13-,14+/m0/s1. The Morgan fingerprint density at radius 2 is 2.04 bits per heavy atom. The van der Waals surface area contributed by atoms with Crippen molar-refractivity contribution in [3.05, 3.63) is 56.4 Å². The molecular weight excluding hydrogens is 384 g/mol. The molecule has 1 N–H and O–H groups in total. The van der Waals surface area contributed by atoms with E-state index in [1.54, 1.807) is 13.2 Å². The Morgan fingerprint density at radius 1 is 1.28 bits per heavy atom. The summed E-state index contributed by atoms with van der Waals surface area (Å²) in [6, 6.07) is 7.91. The van der Waals surface area contributed by atoms with E-state index >= 15 is 0 Å². The Morgan fingerprint density at radius 3 is 2.80 bits per heavy atom. The molecule has 0 aliphatic carbocycles. The first-order chi connectivity index (χ1) is 12.0. The predicted octanol–water partition coefficient (Wildman–Crippen LogP) is 2.26. The quantitative estimate of drug-likeness (QED) is 0.791. The van der Waals surface area contributed by atoms with Crippen LogP contribution in [0.15, 0.2) is 39.7 Å². The summed E-state index contributed by atoms with van der Waals surface area (Å²) < 4.78 is 1.79. The summed E-state index contributed by atoms with van der Waals surface area (Å²) in [6.45, 7) is 1.76. The molecule has 0 spiro atoms. The van der Waals surface area contributed by atoms with Gasteiger partial charge in [0, 0.05) is 31.7 Å². The molecule has 2 atom stereocenters. The van der Waals surface area contributed by atoms with Gasteiger partial charge in [0.2, 0.25) is 0 Å². The minimum atomic E-state index is -0.169. The molecule has 0 saturated carbocycles. The third-order valence-corrected chi connectivity index (χ3v) is 5.40. The molecule has 0 radical (unpaired) electrons. The highest BCUT2D eigenvalue weighted by Gasteiger charge is 2.28. The molecule has 1 aromatic heterocycles. The van der Waals surface area contributed by atoms with Gasteiger partial charge in [0.15, 0.2) is 0 Å². The van der Waals surface area contributed by atoms with Gasteiger partial charge in [0.1, 0.15) is 10.8 Å². The smallest absolute Gasteiger partial charge is 0.282 e. The minimum Gasteiger partial charge on any atom is -0.379 e. The average Bonchev–Trinajstić information content (AvgIpc) is 2.61. The summed E-state index contributed by atoms with van der Waals surface area (Å²) in [5.41, 5.74) is 2.36. The number of aryl methyl sites for hydroxylation is 1. The van der Waals surface area contributed by atoms with Crippen molar-refractivity contribution >= 4 is 27.9 Å². The van der Waals surface area contributed by atoms with Gasteiger partial charge in [-0.15, -0.1) is 0 Å². The van der Waals surface area contributed by atoms with Crippen LogP contribution in [0.1, 0.15) is 28.3 Å². The van der Waals surface area contributed by atoms with E-state index in [4.69, 9.17) is 0 Å². The molecule has 6 nitrogen and oxygen atoms in total. The van der Waals surface area contributed by atoms with E-state index < -0.39 is 0 Å². The van der Waals surface area contributed by atoms with Crippen molar-refractivity contribution in [3.8, 4) is 0 Å². The molecule has 1 aliphatic rings. The number of halogens is 1. The first-order valence-electron chi connectivity index (χ1n) is 8.20. The topological polar surface area (TPSA) is 67.2 Å². The maximum absolute atomic E-state index is 12.0. The number of benzene rings is 1. The lowest BCUT2D eigenvalue weighted by molar-refractivity contribution is 0.112. The number of carbonyl (C=O) groups excluding carboxylic acids is 1. The SMILES string of the molecule is CN1C[C@H](Nc2cnn(C)c(=O)c2Br)C[C@H](c2ccccc2C=O)C1. The van der Waals surface area contributed by atoms with E-state index in [2.05, 4.69) is 38.3 Å². The minimum absolute atomic E-state index is 0.161. The van der Waals surface area contributed by atoms with Gasteiger partial charge in [0.05, 0.1) is 11.9 Å². The van der Waals surface area contributed by atoms with Crippen LogP contribution in [0.4, 0.5) is 5.69 Å². The monoisotopic (exact) mass is 404 g/mol. The normalized spacial score (nSPS) is 21.1. The van der Waals surface area contributed by atoms with Gasteiger partial charge in [-0.25, -0.2) is 4.68 Å². The van der Waals surface area contributed by atoms with E-state index in [1.807, 2.05) is 24.3 Å². The average molecular weight is 405 g/mol. The molecule has 2 heterocycles. The fourth-order valence-corrected chi connectivity index (χ4v) is 3.94. The Labute approximate surface area is 155 Å². The van der Waals surface area contributed by atoms with Crippen LogP contribution in [0, 0.1) is 0 Å².